The van der Waals surface area contributed by atoms with Gasteiger partial charge in [-0.25, -0.2) is 4.79 Å². The van der Waals surface area contributed by atoms with Crippen molar-refractivity contribution in [2.24, 2.45) is 0 Å². The highest BCUT2D eigenvalue weighted by molar-refractivity contribution is 5.91. The number of hydrogen-bond donors (Lipinski definition) is 1. The van der Waals surface area contributed by atoms with Crippen molar-refractivity contribution in [2.75, 3.05) is 28.4 Å². The van der Waals surface area contributed by atoms with E-state index in [4.69, 9.17) is 18.9 Å². The summed E-state index contributed by atoms with van der Waals surface area (Å²) in [5, 5.41) is 10.2. The maximum atomic E-state index is 12.4. The van der Waals surface area contributed by atoms with E-state index < -0.39 is 5.97 Å². The Hall–Kier alpha value is -8.35. The van der Waals surface area contributed by atoms with Crippen molar-refractivity contribution in [2.45, 2.75) is 0 Å². The zero-order valence-corrected chi connectivity index (χ0v) is 36.9. The maximum absolute atomic E-state index is 12.4. The molecular formula is C59H50O6. The molecule has 0 saturated heterocycles. The molecule has 0 saturated carbocycles. The van der Waals surface area contributed by atoms with E-state index in [1.807, 2.05) is 127 Å². The molecule has 0 heterocycles. The number of rotatable bonds is 17. The number of ether oxygens (including phenoxy) is 4. The van der Waals surface area contributed by atoms with Gasteiger partial charge in [0.05, 0.1) is 34.0 Å². The van der Waals surface area contributed by atoms with Gasteiger partial charge in [-0.15, -0.1) is 0 Å². The number of carbonyl (C=O) groups is 1. The Morgan fingerprint density at radius 2 is 0.462 bits per heavy atom. The van der Waals surface area contributed by atoms with Crippen molar-refractivity contribution in [3.8, 4) is 23.0 Å². The summed E-state index contributed by atoms with van der Waals surface area (Å²) in [7, 11) is 6.63. The van der Waals surface area contributed by atoms with Gasteiger partial charge in [-0.2, -0.15) is 0 Å². The third-order valence-corrected chi connectivity index (χ3v) is 10.5. The minimum absolute atomic E-state index is 0.199. The molecule has 65 heavy (non-hydrogen) atoms. The molecule has 0 unspecified atom stereocenters. The fourth-order valence-electron chi connectivity index (χ4n) is 6.99. The zero-order chi connectivity index (χ0) is 45.4. The number of carboxylic acids is 1. The molecule has 0 amide bonds. The Kier molecular flexibility index (Phi) is 15.2. The van der Waals surface area contributed by atoms with E-state index >= 15 is 0 Å². The molecular weight excluding hydrogens is 805 g/mol. The van der Waals surface area contributed by atoms with Crippen LogP contribution in [0.15, 0.2) is 152 Å². The molecule has 0 bridgehead atoms. The molecule has 0 spiro atoms. The Labute approximate surface area is 381 Å². The van der Waals surface area contributed by atoms with Crippen LogP contribution in [0.5, 0.6) is 23.0 Å². The third-order valence-electron chi connectivity index (χ3n) is 10.5. The molecule has 0 aliphatic rings. The number of methoxy groups -OCH3 is 4. The molecule has 6 heteroatoms. The van der Waals surface area contributed by atoms with Crippen molar-refractivity contribution in [1.29, 1.82) is 0 Å². The second-order valence-electron chi connectivity index (χ2n) is 15.2. The van der Waals surface area contributed by atoms with Gasteiger partial charge in [0.2, 0.25) is 0 Å². The van der Waals surface area contributed by atoms with E-state index in [2.05, 4.69) is 85.0 Å². The van der Waals surface area contributed by atoms with E-state index in [0.29, 0.717) is 0 Å². The largest absolute Gasteiger partial charge is 0.497 e. The molecule has 7 aromatic rings. The van der Waals surface area contributed by atoms with Gasteiger partial charge in [0.1, 0.15) is 23.0 Å². The summed E-state index contributed by atoms with van der Waals surface area (Å²) >= 11 is 0. The predicted molar refractivity (Wildman–Crippen MR) is 272 cm³/mol. The Morgan fingerprint density at radius 1 is 0.292 bits per heavy atom. The van der Waals surface area contributed by atoms with E-state index in [-0.39, 0.29) is 5.56 Å². The topological polar surface area (TPSA) is 74.2 Å². The molecule has 0 radical (unpaired) electrons. The molecule has 0 aromatic heterocycles. The number of hydrogen-bond acceptors (Lipinski definition) is 5. The second-order valence-corrected chi connectivity index (χ2v) is 15.2. The second kappa shape index (κ2) is 22.1. The molecule has 0 aliphatic carbocycles. The van der Waals surface area contributed by atoms with Crippen molar-refractivity contribution in [3.05, 3.63) is 224 Å². The average molecular weight is 855 g/mol. The van der Waals surface area contributed by atoms with Crippen LogP contribution in [0.3, 0.4) is 0 Å². The van der Waals surface area contributed by atoms with Crippen LogP contribution < -0.4 is 18.9 Å². The van der Waals surface area contributed by atoms with Crippen molar-refractivity contribution in [1.82, 2.24) is 0 Å². The lowest BCUT2D eigenvalue weighted by atomic mass is 10.00. The maximum Gasteiger partial charge on any atom is 0.335 e. The summed E-state index contributed by atoms with van der Waals surface area (Å²) in [5.41, 5.74) is 11.9. The molecule has 7 rings (SSSR count). The Bertz CT molecular complexity index is 2550. The van der Waals surface area contributed by atoms with Crippen molar-refractivity contribution in [3.63, 3.8) is 0 Å². The number of carboxylic acid groups (broad SMARTS) is 1. The monoisotopic (exact) mass is 854 g/mol. The van der Waals surface area contributed by atoms with Crippen LogP contribution in [0.1, 0.15) is 77.1 Å². The van der Waals surface area contributed by atoms with Crippen molar-refractivity contribution >= 4 is 78.9 Å². The van der Waals surface area contributed by atoms with E-state index in [1.54, 1.807) is 40.6 Å². The highest BCUT2D eigenvalue weighted by Gasteiger charge is 2.06. The lowest BCUT2D eigenvalue weighted by molar-refractivity contribution is 0.0696. The molecule has 1 N–H and O–H groups in total. The van der Waals surface area contributed by atoms with Gasteiger partial charge < -0.3 is 24.1 Å². The van der Waals surface area contributed by atoms with Gasteiger partial charge in [0, 0.05) is 0 Å². The van der Waals surface area contributed by atoms with Crippen LogP contribution in [-0.4, -0.2) is 39.5 Å². The first-order valence-electron chi connectivity index (χ1n) is 21.1. The summed E-state index contributed by atoms with van der Waals surface area (Å²) in [6, 6.07) is 49.8. The van der Waals surface area contributed by atoms with Crippen LogP contribution in [0.2, 0.25) is 0 Å². The van der Waals surface area contributed by atoms with E-state index in [0.717, 1.165) is 89.8 Å². The van der Waals surface area contributed by atoms with Gasteiger partial charge in [-0.1, -0.05) is 121 Å². The normalized spacial score (nSPS) is 11.8. The molecule has 322 valence electrons. The SMILES string of the molecule is COc1ccc(/C=C/c2cc(/C=C/c3ccc(OC)cc3)cc(/C=C/c3cc(/C=C/c4cc(/C=C/c5ccc(OC)cc5)cc(/C=C/c5ccc(OC)cc5)c4)cc(C(=O)O)c3)c2)cc1. The van der Waals surface area contributed by atoms with Gasteiger partial charge in [-0.05, 0) is 170 Å². The first kappa shape index (κ1) is 44.7. The van der Waals surface area contributed by atoms with Crippen LogP contribution in [-0.2, 0) is 0 Å². The Morgan fingerprint density at radius 3 is 0.631 bits per heavy atom. The first-order chi connectivity index (χ1) is 31.7. The summed E-state index contributed by atoms with van der Waals surface area (Å²) in [6.45, 7) is 0. The third kappa shape index (κ3) is 13.3. The van der Waals surface area contributed by atoms with Crippen LogP contribution in [0, 0.1) is 0 Å². The average Bonchev–Trinajstić information content (AvgIpc) is 3.35. The lowest BCUT2D eigenvalue weighted by Crippen LogP contribution is -1.97. The van der Waals surface area contributed by atoms with Gasteiger partial charge in [0.15, 0.2) is 0 Å². The van der Waals surface area contributed by atoms with E-state index in [1.165, 1.54) is 0 Å². The zero-order valence-electron chi connectivity index (χ0n) is 36.9. The van der Waals surface area contributed by atoms with Gasteiger partial charge in [0.25, 0.3) is 0 Å². The van der Waals surface area contributed by atoms with Crippen LogP contribution in [0.25, 0.3) is 72.9 Å². The highest BCUT2D eigenvalue weighted by atomic mass is 16.5. The summed E-state index contributed by atoms with van der Waals surface area (Å²) in [6.07, 6.45) is 24.6. The predicted octanol–water partition coefficient (Wildman–Crippen LogP) is 14.4. The highest BCUT2D eigenvalue weighted by Crippen LogP contribution is 2.24. The standard InChI is InChI=1S/C59H50O6/c1-62-55-25-17-42(18-26-55)5-9-46-33-47(10-6-43-19-27-56(63-2)28-20-43)36-50(35-46)13-15-52-39-53(41-54(40-52)59(60)61)16-14-51-37-48(11-7-44-21-29-57(64-3)30-22-44)34-49(38-51)12-8-45-23-31-58(65-4)32-24-45/h5-41H,1-4H3,(H,60,61)/b9-5+,10-6+,11-7+,12-8+,15-13+,16-14+. The molecule has 0 atom stereocenters. The van der Waals surface area contributed by atoms with E-state index in [9.17, 15) is 9.90 Å². The van der Waals surface area contributed by atoms with Gasteiger partial charge >= 0.3 is 5.97 Å². The fourth-order valence-corrected chi connectivity index (χ4v) is 6.99. The summed E-state index contributed by atoms with van der Waals surface area (Å²) in [5.74, 6) is 2.22. The molecule has 0 fully saturated rings. The molecule has 0 aliphatic heterocycles. The lowest BCUT2D eigenvalue weighted by Gasteiger charge is -2.06. The van der Waals surface area contributed by atoms with Crippen LogP contribution in [0.4, 0.5) is 0 Å². The quantitative estimate of drug-likeness (QED) is 0.0920. The van der Waals surface area contributed by atoms with Gasteiger partial charge in [-0.3, -0.25) is 0 Å². The molecule has 7 aromatic carbocycles. The minimum atomic E-state index is -0.997. The van der Waals surface area contributed by atoms with Crippen molar-refractivity contribution < 1.29 is 28.8 Å². The first-order valence-corrected chi connectivity index (χ1v) is 21.1. The Balaban J connectivity index is 1.19. The molecule has 6 nitrogen and oxygen atoms in total. The summed E-state index contributed by atoms with van der Waals surface area (Å²) < 4.78 is 21.3. The van der Waals surface area contributed by atoms with Crippen LogP contribution >= 0.6 is 0 Å². The fraction of sp³-hybridized carbons (Fsp3) is 0.0678. The summed E-state index contributed by atoms with van der Waals surface area (Å²) in [4.78, 5) is 12.4. The number of aromatic carboxylic acids is 1. The number of benzene rings is 7. The minimum Gasteiger partial charge on any atom is -0.497 e. The smallest absolute Gasteiger partial charge is 0.335 e.